The van der Waals surface area contributed by atoms with Crippen molar-refractivity contribution in [2.75, 3.05) is 45.4 Å². The maximum absolute atomic E-state index is 12.5. The van der Waals surface area contributed by atoms with Crippen molar-refractivity contribution < 1.29 is 19.0 Å². The molecular weight excluding hydrogens is 334 g/mol. The molecule has 2 aliphatic rings. The van der Waals surface area contributed by atoms with Gasteiger partial charge in [0.05, 0.1) is 20.3 Å². The minimum atomic E-state index is -0.454. The van der Waals surface area contributed by atoms with E-state index in [4.69, 9.17) is 19.9 Å². The van der Waals surface area contributed by atoms with Gasteiger partial charge in [-0.25, -0.2) is 0 Å². The molecule has 7 heteroatoms. The van der Waals surface area contributed by atoms with Crippen LogP contribution >= 0.6 is 0 Å². The predicted octanol–water partition coefficient (Wildman–Crippen LogP) is 1.15. The van der Waals surface area contributed by atoms with Crippen molar-refractivity contribution in [2.24, 2.45) is 11.7 Å². The Balaban J connectivity index is 1.57. The molecule has 2 saturated heterocycles. The van der Waals surface area contributed by atoms with E-state index < -0.39 is 6.04 Å². The second kappa shape index (κ2) is 8.60. The van der Waals surface area contributed by atoms with Gasteiger partial charge in [0.2, 0.25) is 5.91 Å². The van der Waals surface area contributed by atoms with E-state index in [1.54, 1.807) is 14.2 Å². The fourth-order valence-corrected chi connectivity index (χ4v) is 3.67. The number of nitrogens with one attached hydrogen (secondary N) is 1. The molecule has 0 aliphatic carbocycles. The summed E-state index contributed by atoms with van der Waals surface area (Å²) in [7, 11) is 3.28. The Morgan fingerprint density at radius 1 is 1.19 bits per heavy atom. The molecule has 3 rings (SSSR count). The molecule has 0 saturated carbocycles. The molecule has 2 heterocycles. The van der Waals surface area contributed by atoms with Gasteiger partial charge in [-0.05, 0) is 25.2 Å². The van der Waals surface area contributed by atoms with E-state index in [1.165, 1.54) is 0 Å². The van der Waals surface area contributed by atoms with E-state index in [-0.39, 0.29) is 17.9 Å². The fraction of sp³-hybridized carbons (Fsp3) is 0.632. The molecule has 1 aromatic rings. The summed E-state index contributed by atoms with van der Waals surface area (Å²) in [5, 5.41) is 3.12. The molecule has 7 nitrogen and oxygen atoms in total. The van der Waals surface area contributed by atoms with Gasteiger partial charge in [0.1, 0.15) is 11.5 Å². The Morgan fingerprint density at radius 3 is 2.46 bits per heavy atom. The Kier molecular flexibility index (Phi) is 6.21. The maximum Gasteiger partial charge on any atom is 0.237 e. The molecule has 3 N–H and O–H groups in total. The van der Waals surface area contributed by atoms with Crippen LogP contribution < -0.4 is 25.4 Å². The largest absolute Gasteiger partial charge is 0.497 e. The molecule has 1 aromatic carbocycles. The predicted molar refractivity (Wildman–Crippen MR) is 99.8 cm³/mol. The molecule has 2 unspecified atom stereocenters. The van der Waals surface area contributed by atoms with Crippen molar-refractivity contribution in [3.05, 3.63) is 18.2 Å². The number of benzene rings is 1. The van der Waals surface area contributed by atoms with Crippen molar-refractivity contribution in [3.8, 4) is 11.5 Å². The number of amides is 1. The summed E-state index contributed by atoms with van der Waals surface area (Å²) in [4.78, 5) is 14.7. The van der Waals surface area contributed by atoms with Crippen LogP contribution in [-0.2, 0) is 9.53 Å². The number of hydrogen-bond donors (Lipinski definition) is 2. The van der Waals surface area contributed by atoms with Crippen LogP contribution in [0.25, 0.3) is 0 Å². The van der Waals surface area contributed by atoms with Gasteiger partial charge in [-0.1, -0.05) is 0 Å². The third-order valence-corrected chi connectivity index (χ3v) is 5.31. The zero-order valence-electron chi connectivity index (χ0n) is 15.6. The lowest BCUT2D eigenvalue weighted by molar-refractivity contribution is -0.124. The molecule has 2 atom stereocenters. The fourth-order valence-electron chi connectivity index (χ4n) is 3.67. The van der Waals surface area contributed by atoms with Crippen molar-refractivity contribution in [1.82, 2.24) is 5.32 Å². The number of anilines is 1. The smallest absolute Gasteiger partial charge is 0.237 e. The highest BCUT2D eigenvalue weighted by Crippen LogP contribution is 2.30. The summed E-state index contributed by atoms with van der Waals surface area (Å²) in [6.07, 6.45) is 2.61. The normalized spacial score (nSPS) is 22.1. The van der Waals surface area contributed by atoms with E-state index >= 15 is 0 Å². The zero-order chi connectivity index (χ0) is 18.5. The first kappa shape index (κ1) is 18.8. The SMILES string of the molecule is COc1cc(OC)cc(N2CCC(NC(=O)C(N)C3CCOCC3)C2)c1. The number of nitrogens with two attached hydrogens (primary N) is 1. The average Bonchev–Trinajstić information content (AvgIpc) is 3.16. The maximum atomic E-state index is 12.5. The van der Waals surface area contributed by atoms with Crippen LogP contribution in [0.1, 0.15) is 19.3 Å². The first-order valence-electron chi connectivity index (χ1n) is 9.22. The quantitative estimate of drug-likeness (QED) is 0.789. The lowest BCUT2D eigenvalue weighted by atomic mass is 9.91. The summed E-state index contributed by atoms with van der Waals surface area (Å²) in [5.41, 5.74) is 7.21. The van der Waals surface area contributed by atoms with Gasteiger partial charge in [-0.3, -0.25) is 4.79 Å². The van der Waals surface area contributed by atoms with Crippen LogP contribution in [0.4, 0.5) is 5.69 Å². The number of ether oxygens (including phenoxy) is 3. The highest BCUT2D eigenvalue weighted by atomic mass is 16.5. The first-order chi connectivity index (χ1) is 12.6. The monoisotopic (exact) mass is 363 g/mol. The second-order valence-electron chi connectivity index (χ2n) is 6.99. The van der Waals surface area contributed by atoms with Crippen LogP contribution in [0, 0.1) is 5.92 Å². The molecule has 0 spiro atoms. The first-order valence-corrected chi connectivity index (χ1v) is 9.22. The summed E-state index contributed by atoms with van der Waals surface area (Å²) in [6.45, 7) is 3.01. The van der Waals surface area contributed by atoms with E-state index in [2.05, 4.69) is 10.2 Å². The second-order valence-corrected chi connectivity index (χ2v) is 6.99. The van der Waals surface area contributed by atoms with Gasteiger partial charge in [0, 0.05) is 56.2 Å². The third-order valence-electron chi connectivity index (χ3n) is 5.31. The van der Waals surface area contributed by atoms with Crippen molar-refractivity contribution >= 4 is 11.6 Å². The topological polar surface area (TPSA) is 86.1 Å². The van der Waals surface area contributed by atoms with Crippen LogP contribution in [-0.4, -0.2) is 58.5 Å². The van der Waals surface area contributed by atoms with Crippen LogP contribution in [0.5, 0.6) is 11.5 Å². The van der Waals surface area contributed by atoms with Gasteiger partial charge in [0.15, 0.2) is 0 Å². The van der Waals surface area contributed by atoms with Gasteiger partial charge in [0.25, 0.3) is 0 Å². The zero-order valence-corrected chi connectivity index (χ0v) is 15.6. The Labute approximate surface area is 154 Å². The molecule has 144 valence electrons. The number of rotatable bonds is 6. The lowest BCUT2D eigenvalue weighted by Crippen LogP contribution is -2.50. The minimum Gasteiger partial charge on any atom is -0.497 e. The number of methoxy groups -OCH3 is 2. The van der Waals surface area contributed by atoms with E-state index in [0.717, 1.165) is 49.5 Å². The van der Waals surface area contributed by atoms with E-state index in [0.29, 0.717) is 13.2 Å². The minimum absolute atomic E-state index is 0.0491. The van der Waals surface area contributed by atoms with Crippen molar-refractivity contribution in [2.45, 2.75) is 31.3 Å². The molecule has 0 aromatic heterocycles. The summed E-state index contributed by atoms with van der Waals surface area (Å²) in [5.74, 6) is 1.68. The van der Waals surface area contributed by atoms with Crippen LogP contribution in [0.15, 0.2) is 18.2 Å². The standard InChI is InChI=1S/C19H29N3O4/c1-24-16-9-15(10-17(11-16)25-2)22-6-3-14(12-22)21-19(23)18(20)13-4-7-26-8-5-13/h9-11,13-14,18H,3-8,12,20H2,1-2H3,(H,21,23). The molecule has 0 radical (unpaired) electrons. The third kappa shape index (κ3) is 4.40. The Morgan fingerprint density at radius 2 is 1.85 bits per heavy atom. The van der Waals surface area contributed by atoms with Crippen molar-refractivity contribution in [1.29, 1.82) is 0 Å². The van der Waals surface area contributed by atoms with Crippen molar-refractivity contribution in [3.63, 3.8) is 0 Å². The van der Waals surface area contributed by atoms with Gasteiger partial charge in [-0.2, -0.15) is 0 Å². The summed E-state index contributed by atoms with van der Waals surface area (Å²) in [6, 6.07) is 5.47. The van der Waals surface area contributed by atoms with Gasteiger partial charge >= 0.3 is 0 Å². The Hall–Kier alpha value is -1.99. The van der Waals surface area contributed by atoms with E-state index in [1.807, 2.05) is 18.2 Å². The highest BCUT2D eigenvalue weighted by molar-refractivity contribution is 5.82. The molecular formula is C19H29N3O4. The average molecular weight is 363 g/mol. The van der Waals surface area contributed by atoms with Crippen LogP contribution in [0.2, 0.25) is 0 Å². The van der Waals surface area contributed by atoms with Gasteiger partial charge < -0.3 is 30.2 Å². The number of carbonyl (C=O) groups excluding carboxylic acids is 1. The molecule has 26 heavy (non-hydrogen) atoms. The summed E-state index contributed by atoms with van der Waals surface area (Å²) < 4.78 is 16.0. The lowest BCUT2D eigenvalue weighted by Gasteiger charge is -2.28. The molecule has 1 amide bonds. The molecule has 0 bridgehead atoms. The number of nitrogens with zero attached hydrogens (tertiary/aromatic N) is 1. The summed E-state index contributed by atoms with van der Waals surface area (Å²) >= 11 is 0. The Bertz CT molecular complexity index is 597. The molecule has 2 fully saturated rings. The van der Waals surface area contributed by atoms with Gasteiger partial charge in [-0.15, -0.1) is 0 Å². The molecule has 2 aliphatic heterocycles. The highest BCUT2D eigenvalue weighted by Gasteiger charge is 2.30. The number of carbonyl (C=O) groups is 1. The van der Waals surface area contributed by atoms with E-state index in [9.17, 15) is 4.79 Å². The van der Waals surface area contributed by atoms with Crippen LogP contribution in [0.3, 0.4) is 0 Å². The number of hydrogen-bond acceptors (Lipinski definition) is 6.